The van der Waals surface area contributed by atoms with Gasteiger partial charge in [-0.3, -0.25) is 4.79 Å². The summed E-state index contributed by atoms with van der Waals surface area (Å²) in [5.74, 6) is 0.670. The Morgan fingerprint density at radius 3 is 2.67 bits per heavy atom. The molecule has 106 valence electrons. The van der Waals surface area contributed by atoms with Crippen molar-refractivity contribution in [3.63, 3.8) is 0 Å². The highest BCUT2D eigenvalue weighted by Crippen LogP contribution is 2.39. The van der Waals surface area contributed by atoms with Crippen molar-refractivity contribution in [1.82, 2.24) is 0 Å². The van der Waals surface area contributed by atoms with Gasteiger partial charge in [0.15, 0.2) is 5.78 Å². The Morgan fingerprint density at radius 2 is 2.00 bits per heavy atom. The van der Waals surface area contributed by atoms with Crippen molar-refractivity contribution in [3.8, 4) is 5.75 Å². The highest BCUT2D eigenvalue weighted by molar-refractivity contribution is 7.99. The first kappa shape index (κ1) is 15.0. The van der Waals surface area contributed by atoms with Crippen molar-refractivity contribution in [2.24, 2.45) is 5.11 Å². The Morgan fingerprint density at radius 1 is 1.24 bits per heavy atom. The molecule has 0 heterocycles. The van der Waals surface area contributed by atoms with E-state index in [1.165, 1.54) is 18.7 Å². The Balaban J connectivity index is 2.43. The second-order valence-electron chi connectivity index (χ2n) is 4.18. The summed E-state index contributed by atoms with van der Waals surface area (Å²) >= 11 is 1.42. The molecular formula is C15H13N3O2S. The lowest BCUT2D eigenvalue weighted by Crippen LogP contribution is -1.91. The molecule has 2 aromatic carbocycles. The van der Waals surface area contributed by atoms with Crippen LogP contribution in [0.15, 0.2) is 57.4 Å². The average Bonchev–Trinajstić information content (AvgIpc) is 2.49. The fourth-order valence-electron chi connectivity index (χ4n) is 1.77. The number of ether oxygens (including phenoxy) is 1. The van der Waals surface area contributed by atoms with Gasteiger partial charge in [0.05, 0.1) is 17.7 Å². The number of carbonyl (C=O) groups is 1. The van der Waals surface area contributed by atoms with Gasteiger partial charge >= 0.3 is 0 Å². The number of azide groups is 1. The predicted molar refractivity (Wildman–Crippen MR) is 82.4 cm³/mol. The van der Waals surface area contributed by atoms with Crippen molar-refractivity contribution in [3.05, 3.63) is 58.5 Å². The van der Waals surface area contributed by atoms with Crippen LogP contribution >= 0.6 is 11.8 Å². The summed E-state index contributed by atoms with van der Waals surface area (Å²) in [7, 11) is 1.60. The summed E-state index contributed by atoms with van der Waals surface area (Å²) < 4.78 is 5.30. The number of methoxy groups -OCH3 is 1. The SMILES string of the molecule is COc1ccccc1Sc1ccc(C(C)=O)cc1N=[N+]=[N-]. The van der Waals surface area contributed by atoms with Crippen molar-refractivity contribution in [2.75, 3.05) is 7.11 Å². The minimum Gasteiger partial charge on any atom is -0.496 e. The molecule has 2 rings (SSSR count). The van der Waals surface area contributed by atoms with Gasteiger partial charge < -0.3 is 4.74 Å². The number of hydrogen-bond acceptors (Lipinski definition) is 4. The molecule has 6 heteroatoms. The molecule has 0 spiro atoms. The number of benzene rings is 2. The Kier molecular flexibility index (Phi) is 4.87. The molecule has 0 saturated carbocycles. The molecule has 0 radical (unpaired) electrons. The highest BCUT2D eigenvalue weighted by atomic mass is 32.2. The van der Waals surface area contributed by atoms with E-state index in [0.717, 1.165) is 15.5 Å². The van der Waals surface area contributed by atoms with Crippen LogP contribution in [0.25, 0.3) is 10.4 Å². The normalized spacial score (nSPS) is 9.81. The van der Waals surface area contributed by atoms with Crippen LogP contribution in [-0.2, 0) is 0 Å². The summed E-state index contributed by atoms with van der Waals surface area (Å²) in [6, 6.07) is 12.7. The molecule has 0 N–H and O–H groups in total. The van der Waals surface area contributed by atoms with Crippen LogP contribution in [0.4, 0.5) is 5.69 Å². The fourth-order valence-corrected chi connectivity index (χ4v) is 2.75. The van der Waals surface area contributed by atoms with E-state index < -0.39 is 0 Å². The van der Waals surface area contributed by atoms with Gasteiger partial charge in [-0.15, -0.1) is 0 Å². The standard InChI is InChI=1S/C15H13N3O2S/c1-10(19)11-7-8-14(12(9-11)17-18-16)21-15-6-4-3-5-13(15)20-2/h3-9H,1-2H3. The maximum atomic E-state index is 11.4. The topological polar surface area (TPSA) is 75.1 Å². The molecule has 0 saturated heterocycles. The summed E-state index contributed by atoms with van der Waals surface area (Å²) in [5, 5.41) is 3.67. The number of ketones is 1. The zero-order valence-electron chi connectivity index (χ0n) is 11.6. The molecule has 0 unspecified atom stereocenters. The number of rotatable bonds is 5. The molecule has 0 bridgehead atoms. The molecule has 0 aliphatic rings. The Bertz CT molecular complexity index is 725. The molecule has 5 nitrogen and oxygen atoms in total. The number of Topliss-reactive ketones (excluding diaryl/α,β-unsaturated/α-hetero) is 1. The molecule has 0 amide bonds. The van der Waals surface area contributed by atoms with Gasteiger partial charge in [0.1, 0.15) is 5.75 Å². The number of nitrogens with zero attached hydrogens (tertiary/aromatic N) is 3. The maximum absolute atomic E-state index is 11.4. The second-order valence-corrected chi connectivity index (χ2v) is 5.26. The van der Waals surface area contributed by atoms with Gasteiger partial charge in [-0.25, -0.2) is 0 Å². The summed E-state index contributed by atoms with van der Waals surface area (Å²) in [6.07, 6.45) is 0. The largest absolute Gasteiger partial charge is 0.496 e. The van der Waals surface area contributed by atoms with Crippen LogP contribution < -0.4 is 4.74 Å². The van der Waals surface area contributed by atoms with E-state index in [-0.39, 0.29) is 5.78 Å². The lowest BCUT2D eigenvalue weighted by molar-refractivity contribution is 0.101. The average molecular weight is 299 g/mol. The smallest absolute Gasteiger partial charge is 0.159 e. The molecule has 2 aromatic rings. The first-order chi connectivity index (χ1) is 10.2. The minimum absolute atomic E-state index is 0.0711. The summed E-state index contributed by atoms with van der Waals surface area (Å²) in [5.41, 5.74) is 9.63. The van der Waals surface area contributed by atoms with Crippen LogP contribution in [0.3, 0.4) is 0 Å². The van der Waals surface area contributed by atoms with Crippen molar-refractivity contribution in [2.45, 2.75) is 16.7 Å². The van der Waals surface area contributed by atoms with E-state index in [2.05, 4.69) is 10.0 Å². The van der Waals surface area contributed by atoms with Crippen molar-refractivity contribution >= 4 is 23.2 Å². The first-order valence-electron chi connectivity index (χ1n) is 6.16. The highest BCUT2D eigenvalue weighted by Gasteiger charge is 2.10. The molecule has 21 heavy (non-hydrogen) atoms. The molecule has 0 aromatic heterocycles. The lowest BCUT2D eigenvalue weighted by Gasteiger charge is -2.10. The summed E-state index contributed by atoms with van der Waals surface area (Å²) in [4.78, 5) is 15.9. The molecule has 0 aliphatic carbocycles. The van der Waals surface area contributed by atoms with Crippen LogP contribution in [-0.4, -0.2) is 12.9 Å². The van der Waals surface area contributed by atoms with E-state index in [1.54, 1.807) is 25.3 Å². The minimum atomic E-state index is -0.0711. The van der Waals surface area contributed by atoms with Crippen LogP contribution in [0.2, 0.25) is 0 Å². The maximum Gasteiger partial charge on any atom is 0.159 e. The predicted octanol–water partition coefficient (Wildman–Crippen LogP) is 4.99. The van der Waals surface area contributed by atoms with Gasteiger partial charge in [0.25, 0.3) is 0 Å². The number of para-hydroxylation sites is 1. The Labute approximate surface area is 126 Å². The van der Waals surface area contributed by atoms with E-state index in [1.807, 2.05) is 24.3 Å². The number of carbonyl (C=O) groups excluding carboxylic acids is 1. The van der Waals surface area contributed by atoms with E-state index in [9.17, 15) is 4.79 Å². The second kappa shape index (κ2) is 6.83. The van der Waals surface area contributed by atoms with Crippen LogP contribution in [0.1, 0.15) is 17.3 Å². The van der Waals surface area contributed by atoms with Gasteiger partial charge in [-0.05, 0) is 36.7 Å². The van der Waals surface area contributed by atoms with Gasteiger partial charge in [0.2, 0.25) is 0 Å². The number of hydrogen-bond donors (Lipinski definition) is 0. The van der Waals surface area contributed by atoms with E-state index in [4.69, 9.17) is 10.3 Å². The van der Waals surface area contributed by atoms with Crippen molar-refractivity contribution < 1.29 is 9.53 Å². The lowest BCUT2D eigenvalue weighted by atomic mass is 10.1. The monoisotopic (exact) mass is 299 g/mol. The van der Waals surface area contributed by atoms with E-state index >= 15 is 0 Å². The van der Waals surface area contributed by atoms with Gasteiger partial charge in [-0.2, -0.15) is 0 Å². The van der Waals surface area contributed by atoms with Gasteiger partial charge in [0, 0.05) is 15.4 Å². The quantitative estimate of drug-likeness (QED) is 0.338. The van der Waals surface area contributed by atoms with E-state index in [0.29, 0.717) is 11.3 Å². The van der Waals surface area contributed by atoms with Crippen LogP contribution in [0, 0.1) is 0 Å². The molecular weight excluding hydrogens is 286 g/mol. The zero-order valence-corrected chi connectivity index (χ0v) is 12.4. The Hall–Kier alpha value is -2.43. The summed E-state index contributed by atoms with van der Waals surface area (Å²) in [6.45, 7) is 1.47. The molecule has 0 aliphatic heterocycles. The third-order valence-electron chi connectivity index (χ3n) is 2.81. The third kappa shape index (κ3) is 3.56. The fraction of sp³-hybridized carbons (Fsp3) is 0.133. The van der Waals surface area contributed by atoms with Gasteiger partial charge in [-0.1, -0.05) is 35.1 Å². The zero-order chi connectivity index (χ0) is 15.2. The first-order valence-corrected chi connectivity index (χ1v) is 6.98. The molecule has 0 fully saturated rings. The third-order valence-corrected chi connectivity index (χ3v) is 3.93. The van der Waals surface area contributed by atoms with Crippen molar-refractivity contribution in [1.29, 1.82) is 0 Å². The van der Waals surface area contributed by atoms with Crippen LogP contribution in [0.5, 0.6) is 5.75 Å². The molecule has 0 atom stereocenters.